The minimum absolute atomic E-state index is 0.0382. The first-order chi connectivity index (χ1) is 11.1. The van der Waals surface area contributed by atoms with Crippen LogP contribution in [0, 0.1) is 5.82 Å². The fraction of sp³-hybridized carbons (Fsp3) is 0.471. The summed E-state index contributed by atoms with van der Waals surface area (Å²) in [7, 11) is 0. The lowest BCUT2D eigenvalue weighted by Gasteiger charge is -2.26. The Morgan fingerprint density at radius 3 is 3.13 bits per heavy atom. The molecule has 0 fully saturated rings. The fourth-order valence-electron chi connectivity index (χ4n) is 3.03. The van der Waals surface area contributed by atoms with Gasteiger partial charge in [0.05, 0.1) is 13.2 Å². The van der Waals surface area contributed by atoms with E-state index >= 15 is 0 Å². The molecule has 23 heavy (non-hydrogen) atoms. The Morgan fingerprint density at radius 1 is 1.43 bits per heavy atom. The second-order valence-electron chi connectivity index (χ2n) is 5.89. The number of aromatic nitrogens is 1. The highest BCUT2D eigenvalue weighted by Crippen LogP contribution is 2.28. The SMILES string of the molecule is CC(=O)NCCOCCN1CCc2[nH]c3ccc(F)cc3c2C1. The summed E-state index contributed by atoms with van der Waals surface area (Å²) in [5.41, 5.74) is 3.42. The molecule has 2 heterocycles. The van der Waals surface area contributed by atoms with E-state index in [0.717, 1.165) is 37.0 Å². The molecule has 1 aliphatic heterocycles. The molecule has 2 aromatic rings. The number of carbonyl (C=O) groups excluding carboxylic acids is 1. The molecule has 1 aromatic heterocycles. The van der Waals surface area contributed by atoms with E-state index in [9.17, 15) is 9.18 Å². The smallest absolute Gasteiger partial charge is 0.216 e. The van der Waals surface area contributed by atoms with Gasteiger partial charge in [-0.15, -0.1) is 0 Å². The Kier molecular flexibility index (Phi) is 4.93. The minimum Gasteiger partial charge on any atom is -0.378 e. The third-order valence-electron chi connectivity index (χ3n) is 4.19. The van der Waals surface area contributed by atoms with Crippen LogP contribution in [0.25, 0.3) is 10.9 Å². The summed E-state index contributed by atoms with van der Waals surface area (Å²) in [5, 5.41) is 3.68. The van der Waals surface area contributed by atoms with E-state index in [0.29, 0.717) is 19.8 Å². The largest absolute Gasteiger partial charge is 0.378 e. The number of hydrogen-bond donors (Lipinski definition) is 2. The lowest BCUT2D eigenvalue weighted by Crippen LogP contribution is -2.33. The number of carbonyl (C=O) groups is 1. The third-order valence-corrected chi connectivity index (χ3v) is 4.19. The quantitative estimate of drug-likeness (QED) is 0.799. The van der Waals surface area contributed by atoms with Gasteiger partial charge in [0.25, 0.3) is 0 Å². The fourth-order valence-corrected chi connectivity index (χ4v) is 3.03. The Bertz CT molecular complexity index is 698. The van der Waals surface area contributed by atoms with E-state index in [2.05, 4.69) is 15.2 Å². The van der Waals surface area contributed by atoms with Crippen molar-refractivity contribution in [3.05, 3.63) is 35.3 Å². The molecule has 1 aliphatic rings. The summed E-state index contributed by atoms with van der Waals surface area (Å²) in [6, 6.07) is 4.90. The highest BCUT2D eigenvalue weighted by Gasteiger charge is 2.20. The molecule has 1 aromatic carbocycles. The third kappa shape index (κ3) is 3.89. The van der Waals surface area contributed by atoms with Crippen molar-refractivity contribution in [2.24, 2.45) is 0 Å². The van der Waals surface area contributed by atoms with Crippen molar-refractivity contribution < 1.29 is 13.9 Å². The number of nitrogens with one attached hydrogen (secondary N) is 2. The van der Waals surface area contributed by atoms with Crippen LogP contribution < -0.4 is 5.32 Å². The second kappa shape index (κ2) is 7.10. The molecule has 0 saturated carbocycles. The molecule has 0 atom stereocenters. The number of fused-ring (bicyclic) bond motifs is 3. The van der Waals surface area contributed by atoms with Crippen molar-refractivity contribution in [3.63, 3.8) is 0 Å². The second-order valence-corrected chi connectivity index (χ2v) is 5.89. The van der Waals surface area contributed by atoms with Gasteiger partial charge in [0.15, 0.2) is 0 Å². The molecule has 5 nitrogen and oxygen atoms in total. The number of aromatic amines is 1. The van der Waals surface area contributed by atoms with Gasteiger partial charge in [0.2, 0.25) is 5.91 Å². The maximum absolute atomic E-state index is 13.5. The van der Waals surface area contributed by atoms with Gasteiger partial charge in [-0.05, 0) is 23.8 Å². The molecule has 0 saturated heterocycles. The molecule has 124 valence electrons. The van der Waals surface area contributed by atoms with Crippen LogP contribution >= 0.6 is 0 Å². The van der Waals surface area contributed by atoms with E-state index in [4.69, 9.17) is 4.74 Å². The Labute approximate surface area is 134 Å². The van der Waals surface area contributed by atoms with E-state index in [1.54, 1.807) is 12.1 Å². The van der Waals surface area contributed by atoms with Gasteiger partial charge >= 0.3 is 0 Å². The zero-order valence-corrected chi connectivity index (χ0v) is 13.3. The van der Waals surface area contributed by atoms with Crippen LogP contribution in [0.4, 0.5) is 4.39 Å². The zero-order valence-electron chi connectivity index (χ0n) is 13.3. The topological polar surface area (TPSA) is 57.4 Å². The Balaban J connectivity index is 1.52. The molecule has 0 unspecified atom stereocenters. The molecule has 3 rings (SSSR count). The van der Waals surface area contributed by atoms with Gasteiger partial charge in [-0.3, -0.25) is 9.69 Å². The minimum atomic E-state index is -0.197. The molecule has 0 bridgehead atoms. The van der Waals surface area contributed by atoms with Gasteiger partial charge < -0.3 is 15.0 Å². The number of rotatable bonds is 6. The molecule has 1 amide bonds. The normalized spacial score (nSPS) is 14.9. The average Bonchev–Trinajstić information content (AvgIpc) is 2.88. The van der Waals surface area contributed by atoms with E-state index in [1.165, 1.54) is 24.2 Å². The lowest BCUT2D eigenvalue weighted by molar-refractivity contribution is -0.119. The van der Waals surface area contributed by atoms with Gasteiger partial charge in [-0.1, -0.05) is 0 Å². The summed E-state index contributed by atoms with van der Waals surface area (Å²) in [6.45, 7) is 5.81. The van der Waals surface area contributed by atoms with E-state index < -0.39 is 0 Å². The zero-order chi connectivity index (χ0) is 16.2. The standard InChI is InChI=1S/C17H22FN3O2/c1-12(22)19-5-8-23-9-7-21-6-4-17-15(11-21)14-10-13(18)2-3-16(14)20-17/h2-3,10,20H,4-9,11H2,1H3,(H,19,22). The number of amides is 1. The molecule has 0 radical (unpaired) electrons. The van der Waals surface area contributed by atoms with Crippen LogP contribution in [0.1, 0.15) is 18.2 Å². The Morgan fingerprint density at radius 2 is 2.30 bits per heavy atom. The van der Waals surface area contributed by atoms with Gasteiger partial charge in [-0.25, -0.2) is 4.39 Å². The average molecular weight is 319 g/mol. The van der Waals surface area contributed by atoms with Crippen molar-refractivity contribution >= 4 is 16.8 Å². The van der Waals surface area contributed by atoms with Crippen LogP contribution in [0.3, 0.4) is 0 Å². The van der Waals surface area contributed by atoms with Crippen molar-refractivity contribution in [3.8, 4) is 0 Å². The number of hydrogen-bond acceptors (Lipinski definition) is 3. The number of halogens is 1. The molecule has 2 N–H and O–H groups in total. The summed E-state index contributed by atoms with van der Waals surface area (Å²) in [6.07, 6.45) is 0.942. The first-order valence-electron chi connectivity index (χ1n) is 7.97. The highest BCUT2D eigenvalue weighted by molar-refractivity contribution is 5.84. The summed E-state index contributed by atoms with van der Waals surface area (Å²) in [5.74, 6) is -0.235. The van der Waals surface area contributed by atoms with Crippen LogP contribution in [-0.2, 0) is 22.5 Å². The molecule has 0 spiro atoms. The monoisotopic (exact) mass is 319 g/mol. The molecular weight excluding hydrogens is 297 g/mol. The lowest BCUT2D eigenvalue weighted by atomic mass is 10.0. The molecule has 0 aliphatic carbocycles. The summed E-state index contributed by atoms with van der Waals surface area (Å²) < 4.78 is 19.0. The van der Waals surface area contributed by atoms with Crippen LogP contribution in [0.5, 0.6) is 0 Å². The first-order valence-corrected chi connectivity index (χ1v) is 7.97. The Hall–Kier alpha value is -1.92. The van der Waals surface area contributed by atoms with Crippen molar-refractivity contribution in [1.29, 1.82) is 0 Å². The van der Waals surface area contributed by atoms with Gasteiger partial charge in [0.1, 0.15) is 5.82 Å². The number of ether oxygens (including phenoxy) is 1. The predicted octanol–water partition coefficient (Wildman–Crippen LogP) is 1.82. The van der Waals surface area contributed by atoms with Crippen molar-refractivity contribution in [1.82, 2.24) is 15.2 Å². The van der Waals surface area contributed by atoms with Crippen molar-refractivity contribution in [2.45, 2.75) is 19.9 Å². The predicted molar refractivity (Wildman–Crippen MR) is 86.7 cm³/mol. The van der Waals surface area contributed by atoms with E-state index in [1.807, 2.05) is 0 Å². The summed E-state index contributed by atoms with van der Waals surface area (Å²) in [4.78, 5) is 16.5. The van der Waals surface area contributed by atoms with Crippen LogP contribution in [0.2, 0.25) is 0 Å². The van der Waals surface area contributed by atoms with Gasteiger partial charge in [0, 0.05) is 56.1 Å². The number of benzene rings is 1. The summed E-state index contributed by atoms with van der Waals surface area (Å²) >= 11 is 0. The number of nitrogens with zero attached hydrogens (tertiary/aromatic N) is 1. The van der Waals surface area contributed by atoms with Gasteiger partial charge in [-0.2, -0.15) is 0 Å². The maximum atomic E-state index is 13.5. The van der Waals surface area contributed by atoms with Crippen LogP contribution in [-0.4, -0.2) is 48.6 Å². The maximum Gasteiger partial charge on any atom is 0.216 e. The van der Waals surface area contributed by atoms with E-state index in [-0.39, 0.29) is 11.7 Å². The number of H-pyrrole nitrogens is 1. The molecule has 6 heteroatoms. The highest BCUT2D eigenvalue weighted by atomic mass is 19.1. The van der Waals surface area contributed by atoms with Crippen LogP contribution in [0.15, 0.2) is 18.2 Å². The van der Waals surface area contributed by atoms with Crippen molar-refractivity contribution in [2.75, 3.05) is 32.8 Å². The molecular formula is C17H22FN3O2. The first kappa shape index (κ1) is 16.0.